The van der Waals surface area contributed by atoms with Crippen molar-refractivity contribution in [3.63, 3.8) is 0 Å². The number of hydrogen-bond acceptors (Lipinski definition) is 3. The number of benzene rings is 1. The average Bonchev–Trinajstić information content (AvgIpc) is 2.27. The van der Waals surface area contributed by atoms with E-state index in [1.807, 2.05) is 6.07 Å². The molecule has 1 aromatic rings. The third-order valence-electron chi connectivity index (χ3n) is 3.13. The molecule has 4 heteroatoms. The molecule has 2 rings (SSSR count). The number of ether oxygens (including phenoxy) is 1. The molecule has 0 radical (unpaired) electrons. The zero-order valence-electron chi connectivity index (χ0n) is 9.79. The van der Waals surface area contributed by atoms with E-state index in [0.717, 1.165) is 25.1 Å². The van der Waals surface area contributed by atoms with Crippen LogP contribution < -0.4 is 5.32 Å². The lowest BCUT2D eigenvalue weighted by molar-refractivity contribution is -0.134. The van der Waals surface area contributed by atoms with Crippen LogP contribution in [-0.4, -0.2) is 38.0 Å². The van der Waals surface area contributed by atoms with E-state index in [9.17, 15) is 9.50 Å². The number of hydrogen-bond donors (Lipinski definition) is 2. The van der Waals surface area contributed by atoms with Gasteiger partial charge >= 0.3 is 0 Å². The lowest BCUT2D eigenvalue weighted by Gasteiger charge is -2.40. The molecule has 0 unspecified atom stereocenters. The minimum atomic E-state index is -0.193. The molecule has 2 N–H and O–H groups in total. The zero-order valence-corrected chi connectivity index (χ0v) is 9.79. The van der Waals surface area contributed by atoms with Gasteiger partial charge in [0.15, 0.2) is 0 Å². The van der Waals surface area contributed by atoms with Gasteiger partial charge in [0.1, 0.15) is 5.82 Å². The molecule has 1 aromatic carbocycles. The quantitative estimate of drug-likeness (QED) is 0.727. The Morgan fingerprint density at radius 3 is 2.82 bits per heavy atom. The molecule has 17 heavy (non-hydrogen) atoms. The molecule has 0 bridgehead atoms. The first-order valence-corrected chi connectivity index (χ1v) is 5.88. The van der Waals surface area contributed by atoms with Crippen LogP contribution in [0.25, 0.3) is 0 Å². The second-order valence-electron chi connectivity index (χ2n) is 4.71. The summed E-state index contributed by atoms with van der Waals surface area (Å²) in [7, 11) is 0. The van der Waals surface area contributed by atoms with Crippen molar-refractivity contribution in [3.05, 3.63) is 35.6 Å². The third kappa shape index (κ3) is 3.25. The molecule has 3 nitrogen and oxygen atoms in total. The Bertz CT molecular complexity index is 361. The Morgan fingerprint density at radius 1 is 1.41 bits per heavy atom. The van der Waals surface area contributed by atoms with Gasteiger partial charge in [0.05, 0.1) is 25.2 Å². The molecule has 0 aromatic heterocycles. The Hall–Kier alpha value is -0.970. The molecular formula is C13H18FNO2. The standard InChI is InChI=1S/C13H18FNO2/c14-12-3-1-2-11(6-12)4-5-15-7-13(8-16)9-17-10-13/h1-3,6,15-16H,4-5,7-10H2. The van der Waals surface area contributed by atoms with Crippen LogP contribution in [0.3, 0.4) is 0 Å². The molecule has 0 aliphatic carbocycles. The van der Waals surface area contributed by atoms with Gasteiger partial charge in [0.2, 0.25) is 0 Å². The number of rotatable bonds is 6. The van der Waals surface area contributed by atoms with Crippen molar-refractivity contribution in [3.8, 4) is 0 Å². The van der Waals surface area contributed by atoms with Crippen LogP contribution in [0.15, 0.2) is 24.3 Å². The topological polar surface area (TPSA) is 41.5 Å². The van der Waals surface area contributed by atoms with Crippen molar-refractivity contribution in [2.75, 3.05) is 32.9 Å². The zero-order chi connectivity index (χ0) is 12.1. The maximum Gasteiger partial charge on any atom is 0.123 e. The van der Waals surface area contributed by atoms with Crippen LogP contribution in [0.2, 0.25) is 0 Å². The fourth-order valence-corrected chi connectivity index (χ4v) is 1.92. The summed E-state index contributed by atoms with van der Waals surface area (Å²) in [4.78, 5) is 0. The summed E-state index contributed by atoms with van der Waals surface area (Å²) in [5, 5.41) is 12.5. The van der Waals surface area contributed by atoms with Crippen LogP contribution in [0.1, 0.15) is 5.56 Å². The van der Waals surface area contributed by atoms with E-state index in [1.165, 1.54) is 6.07 Å². The number of aliphatic hydroxyl groups excluding tert-OH is 1. The molecular weight excluding hydrogens is 221 g/mol. The van der Waals surface area contributed by atoms with Gasteiger partial charge in [0, 0.05) is 6.54 Å². The number of aliphatic hydroxyl groups is 1. The fraction of sp³-hybridized carbons (Fsp3) is 0.538. The summed E-state index contributed by atoms with van der Waals surface area (Å²) in [5.74, 6) is -0.193. The summed E-state index contributed by atoms with van der Waals surface area (Å²) >= 11 is 0. The SMILES string of the molecule is OCC1(CNCCc2cccc(F)c2)COC1. The first kappa shape index (κ1) is 12.5. The van der Waals surface area contributed by atoms with Crippen molar-refractivity contribution >= 4 is 0 Å². The molecule has 94 valence electrons. The van der Waals surface area contributed by atoms with Gasteiger partial charge in [-0.25, -0.2) is 4.39 Å². The van der Waals surface area contributed by atoms with Crippen LogP contribution in [0, 0.1) is 11.2 Å². The second kappa shape index (κ2) is 5.58. The van der Waals surface area contributed by atoms with E-state index in [1.54, 1.807) is 12.1 Å². The summed E-state index contributed by atoms with van der Waals surface area (Å²) < 4.78 is 18.0. The molecule has 0 spiro atoms. The van der Waals surface area contributed by atoms with Crippen molar-refractivity contribution in [2.45, 2.75) is 6.42 Å². The van der Waals surface area contributed by atoms with E-state index in [2.05, 4.69) is 5.32 Å². The predicted molar refractivity (Wildman–Crippen MR) is 63.3 cm³/mol. The summed E-state index contributed by atoms with van der Waals surface area (Å²) in [5.41, 5.74) is 0.891. The third-order valence-corrected chi connectivity index (χ3v) is 3.13. The Morgan fingerprint density at radius 2 is 2.24 bits per heavy atom. The van der Waals surface area contributed by atoms with Gasteiger partial charge in [-0.3, -0.25) is 0 Å². The van der Waals surface area contributed by atoms with Crippen molar-refractivity contribution < 1.29 is 14.2 Å². The van der Waals surface area contributed by atoms with Gasteiger partial charge < -0.3 is 15.2 Å². The monoisotopic (exact) mass is 239 g/mol. The van der Waals surface area contributed by atoms with Gasteiger partial charge in [-0.2, -0.15) is 0 Å². The van der Waals surface area contributed by atoms with E-state index in [4.69, 9.17) is 4.74 Å². The Balaban J connectivity index is 1.69. The fourth-order valence-electron chi connectivity index (χ4n) is 1.92. The maximum absolute atomic E-state index is 12.9. The lowest BCUT2D eigenvalue weighted by atomic mass is 9.87. The highest BCUT2D eigenvalue weighted by Gasteiger charge is 2.37. The summed E-state index contributed by atoms with van der Waals surface area (Å²) in [6, 6.07) is 6.64. The maximum atomic E-state index is 12.9. The smallest absolute Gasteiger partial charge is 0.123 e. The predicted octanol–water partition coefficient (Wildman–Crippen LogP) is 0.967. The Kier molecular flexibility index (Phi) is 4.10. The van der Waals surface area contributed by atoms with Gasteiger partial charge in [-0.05, 0) is 30.7 Å². The molecule has 0 atom stereocenters. The second-order valence-corrected chi connectivity index (χ2v) is 4.71. The van der Waals surface area contributed by atoms with Gasteiger partial charge in [-0.15, -0.1) is 0 Å². The van der Waals surface area contributed by atoms with Crippen LogP contribution in [0.4, 0.5) is 4.39 Å². The van der Waals surface area contributed by atoms with E-state index in [-0.39, 0.29) is 17.8 Å². The largest absolute Gasteiger partial charge is 0.396 e. The average molecular weight is 239 g/mol. The molecule has 1 heterocycles. The lowest BCUT2D eigenvalue weighted by Crippen LogP contribution is -2.52. The molecule has 1 saturated heterocycles. The highest BCUT2D eigenvalue weighted by molar-refractivity contribution is 5.16. The van der Waals surface area contributed by atoms with Crippen molar-refractivity contribution in [1.82, 2.24) is 5.32 Å². The minimum Gasteiger partial charge on any atom is -0.396 e. The number of nitrogens with one attached hydrogen (secondary N) is 1. The van der Waals surface area contributed by atoms with E-state index < -0.39 is 0 Å². The first-order valence-electron chi connectivity index (χ1n) is 5.88. The normalized spacial score (nSPS) is 17.8. The number of halogens is 1. The molecule has 0 saturated carbocycles. The highest BCUT2D eigenvalue weighted by Crippen LogP contribution is 2.25. The molecule has 1 aliphatic heterocycles. The molecule has 1 aliphatic rings. The van der Waals surface area contributed by atoms with Crippen molar-refractivity contribution in [1.29, 1.82) is 0 Å². The highest BCUT2D eigenvalue weighted by atomic mass is 19.1. The first-order chi connectivity index (χ1) is 8.24. The van der Waals surface area contributed by atoms with Crippen molar-refractivity contribution in [2.24, 2.45) is 5.41 Å². The summed E-state index contributed by atoms with van der Waals surface area (Å²) in [6.07, 6.45) is 0.792. The van der Waals surface area contributed by atoms with E-state index in [0.29, 0.717) is 13.2 Å². The van der Waals surface area contributed by atoms with Gasteiger partial charge in [0.25, 0.3) is 0 Å². The summed E-state index contributed by atoms with van der Waals surface area (Å²) in [6.45, 7) is 2.93. The van der Waals surface area contributed by atoms with E-state index >= 15 is 0 Å². The van der Waals surface area contributed by atoms with Crippen LogP contribution in [0.5, 0.6) is 0 Å². The minimum absolute atomic E-state index is 0.0953. The Labute approximate surface area is 101 Å². The molecule has 0 amide bonds. The van der Waals surface area contributed by atoms with Crippen LogP contribution >= 0.6 is 0 Å². The van der Waals surface area contributed by atoms with Crippen LogP contribution in [-0.2, 0) is 11.2 Å². The molecule has 1 fully saturated rings. The van der Waals surface area contributed by atoms with Gasteiger partial charge in [-0.1, -0.05) is 12.1 Å².